The molecule has 1 aromatic rings. The molecule has 0 fully saturated rings. The Morgan fingerprint density at radius 3 is 0.935 bits per heavy atom. The van der Waals surface area contributed by atoms with Crippen molar-refractivity contribution in [2.75, 3.05) is 177 Å². The average molecular weight is 890 g/mol. The zero-order valence-corrected chi connectivity index (χ0v) is 38.9. The van der Waals surface area contributed by atoms with E-state index < -0.39 is 0 Å². The van der Waals surface area contributed by atoms with Crippen LogP contribution in [0.2, 0.25) is 0 Å². The lowest BCUT2D eigenvalue weighted by Gasteiger charge is -2.09. The Balaban J connectivity index is 1.65. The van der Waals surface area contributed by atoms with E-state index in [-0.39, 0.29) is 12.6 Å². The minimum atomic E-state index is -0.361. The van der Waals surface area contributed by atoms with Crippen LogP contribution >= 0.6 is 0 Å². The van der Waals surface area contributed by atoms with Crippen molar-refractivity contribution in [2.45, 2.75) is 90.9 Å². The highest BCUT2D eigenvalue weighted by molar-refractivity contribution is 5.89. The van der Waals surface area contributed by atoms with Crippen LogP contribution in [0.3, 0.4) is 0 Å². The number of rotatable bonds is 52. The third-order valence-electron chi connectivity index (χ3n) is 9.18. The predicted octanol–water partition coefficient (Wildman–Crippen LogP) is 7.18. The molecule has 0 heterocycles. The molecule has 0 aliphatic rings. The van der Waals surface area contributed by atoms with Crippen LogP contribution in [0.5, 0.6) is 0 Å². The molecule has 15 nitrogen and oxygen atoms in total. The number of hydrogen-bond acceptors (Lipinski definition) is 15. The zero-order valence-electron chi connectivity index (χ0n) is 38.9. The summed E-state index contributed by atoms with van der Waals surface area (Å²) in [6.45, 7) is 17.9. The smallest absolute Gasteiger partial charge is 0.338 e. The first-order valence-electron chi connectivity index (χ1n) is 23.7. The molecule has 0 spiro atoms. The van der Waals surface area contributed by atoms with Crippen LogP contribution in [-0.4, -0.2) is 178 Å². The van der Waals surface area contributed by atoms with Gasteiger partial charge in [-0.15, -0.1) is 0 Å². The van der Waals surface area contributed by atoms with Gasteiger partial charge in [0.2, 0.25) is 0 Å². The Labute approximate surface area is 375 Å². The second-order valence-corrected chi connectivity index (χ2v) is 14.5. The SMILES string of the molecule is CCCCCCCCCCCCOCCOCCOCCOCCOCCOCCOCCOCCOCCOCCOCCOCCOC(=O)c1ccc(NCCCC)cc1. The molecule has 0 unspecified atom stereocenters. The van der Waals surface area contributed by atoms with Crippen molar-refractivity contribution in [3.8, 4) is 0 Å². The van der Waals surface area contributed by atoms with Crippen LogP contribution in [0.15, 0.2) is 24.3 Å². The number of carbonyl (C=O) groups is 1. The summed E-state index contributed by atoms with van der Waals surface area (Å²) in [5.41, 5.74) is 1.51. The number of benzene rings is 1. The topological polar surface area (TPSA) is 149 Å². The van der Waals surface area contributed by atoms with E-state index in [9.17, 15) is 4.79 Å². The molecule has 364 valence electrons. The molecule has 62 heavy (non-hydrogen) atoms. The van der Waals surface area contributed by atoms with Crippen molar-refractivity contribution < 1.29 is 66.4 Å². The third kappa shape index (κ3) is 43.3. The number of nitrogens with one attached hydrogen (secondary N) is 1. The average Bonchev–Trinajstić information content (AvgIpc) is 3.29. The molecule has 15 heteroatoms. The molecule has 1 rings (SSSR count). The lowest BCUT2D eigenvalue weighted by atomic mass is 10.1. The standard InChI is InChI=1S/C47H87NO14/c1-3-5-7-8-9-10-11-12-13-14-20-50-21-22-51-23-24-52-25-26-53-27-28-54-29-30-55-31-32-56-33-34-57-35-36-58-37-38-59-39-40-60-41-42-61-43-44-62-47(49)45-15-17-46(18-16-45)48-19-6-4-2/h15-18,48H,3-14,19-44H2,1-2H3. The molecular weight excluding hydrogens is 803 g/mol. The Kier molecular flexibility index (Phi) is 46.8. The van der Waals surface area contributed by atoms with Gasteiger partial charge in [0.1, 0.15) is 6.61 Å². The quantitative estimate of drug-likeness (QED) is 0.0520. The van der Waals surface area contributed by atoms with Crippen molar-refractivity contribution in [2.24, 2.45) is 0 Å². The monoisotopic (exact) mass is 890 g/mol. The fourth-order valence-corrected chi connectivity index (χ4v) is 5.62. The summed E-state index contributed by atoms with van der Waals surface area (Å²) >= 11 is 0. The first-order chi connectivity index (χ1) is 30.8. The van der Waals surface area contributed by atoms with E-state index in [0.717, 1.165) is 38.1 Å². The molecule has 0 saturated heterocycles. The van der Waals surface area contributed by atoms with Crippen LogP contribution in [-0.2, 0) is 61.6 Å². The zero-order chi connectivity index (χ0) is 44.3. The summed E-state index contributed by atoms with van der Waals surface area (Å²) in [6, 6.07) is 7.30. The van der Waals surface area contributed by atoms with Crippen LogP contribution in [0.4, 0.5) is 5.69 Å². The normalized spacial score (nSPS) is 11.5. The molecule has 0 aliphatic carbocycles. The number of ether oxygens (including phenoxy) is 13. The van der Waals surface area contributed by atoms with Gasteiger partial charge in [-0.2, -0.15) is 0 Å². The van der Waals surface area contributed by atoms with Crippen LogP contribution in [0.1, 0.15) is 101 Å². The summed E-state index contributed by atoms with van der Waals surface area (Å²) < 4.78 is 71.6. The summed E-state index contributed by atoms with van der Waals surface area (Å²) in [6.07, 6.45) is 15.6. The Morgan fingerprint density at radius 1 is 0.339 bits per heavy atom. The largest absolute Gasteiger partial charge is 0.460 e. The van der Waals surface area contributed by atoms with Gasteiger partial charge in [-0.25, -0.2) is 4.79 Å². The Morgan fingerprint density at radius 2 is 0.613 bits per heavy atom. The third-order valence-corrected chi connectivity index (χ3v) is 9.18. The van der Waals surface area contributed by atoms with Gasteiger partial charge in [0.05, 0.1) is 158 Å². The number of unbranched alkanes of at least 4 members (excludes halogenated alkanes) is 10. The van der Waals surface area contributed by atoms with E-state index in [1.54, 1.807) is 12.1 Å². The number of esters is 1. The van der Waals surface area contributed by atoms with E-state index in [0.29, 0.717) is 158 Å². The maximum Gasteiger partial charge on any atom is 0.338 e. The second-order valence-electron chi connectivity index (χ2n) is 14.5. The van der Waals surface area contributed by atoms with E-state index in [1.807, 2.05) is 12.1 Å². The molecule has 0 saturated carbocycles. The molecule has 0 radical (unpaired) electrons. The van der Waals surface area contributed by atoms with Gasteiger partial charge in [-0.3, -0.25) is 0 Å². The van der Waals surface area contributed by atoms with E-state index >= 15 is 0 Å². The van der Waals surface area contributed by atoms with Gasteiger partial charge in [-0.05, 0) is 37.1 Å². The van der Waals surface area contributed by atoms with Gasteiger partial charge in [0.15, 0.2) is 0 Å². The van der Waals surface area contributed by atoms with Crippen molar-refractivity contribution >= 4 is 11.7 Å². The molecule has 0 aliphatic heterocycles. The highest BCUT2D eigenvalue weighted by Gasteiger charge is 2.07. The lowest BCUT2D eigenvalue weighted by molar-refractivity contribution is -0.0288. The minimum absolute atomic E-state index is 0.189. The van der Waals surface area contributed by atoms with Gasteiger partial charge in [0, 0.05) is 18.8 Å². The molecule has 0 amide bonds. The number of anilines is 1. The van der Waals surface area contributed by atoms with E-state index in [2.05, 4.69) is 19.2 Å². The highest BCUT2D eigenvalue weighted by atomic mass is 16.6. The van der Waals surface area contributed by atoms with Crippen molar-refractivity contribution in [1.82, 2.24) is 0 Å². The van der Waals surface area contributed by atoms with Gasteiger partial charge in [-0.1, -0.05) is 78.1 Å². The second kappa shape index (κ2) is 50.0. The van der Waals surface area contributed by atoms with Gasteiger partial charge >= 0.3 is 5.97 Å². The molecule has 0 aromatic heterocycles. The van der Waals surface area contributed by atoms with Crippen LogP contribution < -0.4 is 5.32 Å². The maximum absolute atomic E-state index is 12.2. The summed E-state index contributed by atoms with van der Waals surface area (Å²) in [4.78, 5) is 12.2. The minimum Gasteiger partial charge on any atom is -0.460 e. The number of carbonyl (C=O) groups excluding carboxylic acids is 1. The number of hydrogen-bond donors (Lipinski definition) is 1. The molecule has 1 N–H and O–H groups in total. The summed E-state index contributed by atoms with van der Waals surface area (Å²) in [5.74, 6) is -0.361. The lowest BCUT2D eigenvalue weighted by Crippen LogP contribution is -2.16. The fourth-order valence-electron chi connectivity index (χ4n) is 5.62. The fraction of sp³-hybridized carbons (Fsp3) is 0.851. The summed E-state index contributed by atoms with van der Waals surface area (Å²) in [7, 11) is 0. The highest BCUT2D eigenvalue weighted by Crippen LogP contribution is 2.12. The Hall–Kier alpha value is -1.99. The van der Waals surface area contributed by atoms with Gasteiger partial charge < -0.3 is 66.9 Å². The molecule has 1 aromatic carbocycles. The predicted molar refractivity (Wildman–Crippen MR) is 242 cm³/mol. The molecule has 0 bridgehead atoms. The molecular formula is C47H87NO14. The maximum atomic E-state index is 12.2. The van der Waals surface area contributed by atoms with E-state index in [1.165, 1.54) is 57.8 Å². The first kappa shape index (κ1) is 58.0. The van der Waals surface area contributed by atoms with Gasteiger partial charge in [0.25, 0.3) is 0 Å². The van der Waals surface area contributed by atoms with E-state index in [4.69, 9.17) is 61.6 Å². The Bertz CT molecular complexity index is 1030. The first-order valence-corrected chi connectivity index (χ1v) is 23.7. The summed E-state index contributed by atoms with van der Waals surface area (Å²) in [5, 5.41) is 3.32. The van der Waals surface area contributed by atoms with Crippen molar-refractivity contribution in [1.29, 1.82) is 0 Å². The van der Waals surface area contributed by atoms with Crippen molar-refractivity contribution in [3.63, 3.8) is 0 Å². The van der Waals surface area contributed by atoms with Crippen molar-refractivity contribution in [3.05, 3.63) is 29.8 Å². The molecule has 0 atom stereocenters. The van der Waals surface area contributed by atoms with Crippen LogP contribution in [0, 0.1) is 0 Å². The van der Waals surface area contributed by atoms with Crippen LogP contribution in [0.25, 0.3) is 0 Å².